The van der Waals surface area contributed by atoms with Gasteiger partial charge in [-0.3, -0.25) is 20.4 Å². The highest BCUT2D eigenvalue weighted by molar-refractivity contribution is 7.89. The molecule has 0 unspecified atom stereocenters. The highest BCUT2D eigenvalue weighted by atomic mass is 32.2. The van der Waals surface area contributed by atoms with Crippen molar-refractivity contribution in [1.82, 2.24) is 10.9 Å². The van der Waals surface area contributed by atoms with Gasteiger partial charge in [-0.05, 0) is 47.7 Å². The minimum absolute atomic E-state index is 0.0320. The maximum atomic E-state index is 12.2. The van der Waals surface area contributed by atoms with Gasteiger partial charge in [-0.15, -0.1) is 0 Å². The van der Waals surface area contributed by atoms with Gasteiger partial charge in [-0.1, -0.05) is 39.0 Å². The topological polar surface area (TPSA) is 118 Å². The number of sulfonamides is 1. The summed E-state index contributed by atoms with van der Waals surface area (Å²) in [6.07, 6.45) is 0. The highest BCUT2D eigenvalue weighted by Crippen LogP contribution is 2.22. The SMILES string of the molecule is Cc1ccc(C(=O)NNC(=O)c2ccc(C(C)(C)C)cc2)cc1S(N)(=O)=O. The van der Waals surface area contributed by atoms with Crippen LogP contribution in [-0.2, 0) is 15.4 Å². The van der Waals surface area contributed by atoms with E-state index >= 15 is 0 Å². The minimum atomic E-state index is -3.95. The number of hydrogen-bond acceptors (Lipinski definition) is 4. The highest BCUT2D eigenvalue weighted by Gasteiger charge is 2.17. The van der Waals surface area contributed by atoms with Crippen molar-refractivity contribution in [3.63, 3.8) is 0 Å². The number of hydrazine groups is 1. The summed E-state index contributed by atoms with van der Waals surface area (Å²) in [5.74, 6) is -1.14. The van der Waals surface area contributed by atoms with E-state index in [2.05, 4.69) is 31.6 Å². The smallest absolute Gasteiger partial charge is 0.267 e. The Morgan fingerprint density at radius 3 is 1.85 bits per heavy atom. The Hall–Kier alpha value is -2.71. The fourth-order valence-corrected chi connectivity index (χ4v) is 3.24. The van der Waals surface area contributed by atoms with Crippen molar-refractivity contribution >= 4 is 21.8 Å². The standard InChI is InChI=1S/C19H23N3O4S/c1-12-5-6-14(11-16(12)27(20,25)26)18(24)22-21-17(23)13-7-9-15(10-8-13)19(2,3)4/h5-11H,1-4H3,(H,21,23)(H,22,24)(H2,20,25,26). The van der Waals surface area contributed by atoms with Gasteiger partial charge in [0.1, 0.15) is 0 Å². The van der Waals surface area contributed by atoms with Gasteiger partial charge < -0.3 is 0 Å². The number of benzene rings is 2. The molecule has 0 radical (unpaired) electrons. The van der Waals surface area contributed by atoms with Crippen molar-refractivity contribution in [3.8, 4) is 0 Å². The number of nitrogens with two attached hydrogens (primary N) is 1. The Kier molecular flexibility index (Phi) is 5.72. The molecule has 144 valence electrons. The normalized spacial score (nSPS) is 11.7. The van der Waals surface area contributed by atoms with Gasteiger partial charge in [0, 0.05) is 11.1 Å². The van der Waals surface area contributed by atoms with Crippen molar-refractivity contribution < 1.29 is 18.0 Å². The maximum Gasteiger partial charge on any atom is 0.269 e. The average molecular weight is 389 g/mol. The second-order valence-corrected chi connectivity index (χ2v) is 8.79. The molecule has 0 aliphatic rings. The zero-order valence-electron chi connectivity index (χ0n) is 15.7. The first-order chi connectivity index (χ1) is 12.4. The first-order valence-electron chi connectivity index (χ1n) is 8.24. The molecule has 0 atom stereocenters. The Labute approximate surface area is 159 Å². The second kappa shape index (κ2) is 7.50. The molecule has 2 rings (SSSR count). The fraction of sp³-hybridized carbons (Fsp3) is 0.263. The predicted molar refractivity (Wildman–Crippen MR) is 103 cm³/mol. The zero-order valence-corrected chi connectivity index (χ0v) is 16.5. The van der Waals surface area contributed by atoms with Crippen LogP contribution < -0.4 is 16.0 Å². The first kappa shape index (κ1) is 20.6. The number of primary sulfonamides is 1. The lowest BCUT2D eigenvalue weighted by atomic mass is 9.87. The Balaban J connectivity index is 2.08. The molecule has 4 N–H and O–H groups in total. The van der Waals surface area contributed by atoms with E-state index in [-0.39, 0.29) is 15.9 Å². The van der Waals surface area contributed by atoms with Gasteiger partial charge in [0.15, 0.2) is 0 Å². The molecule has 0 spiro atoms. The molecule has 0 saturated heterocycles. The third-order valence-electron chi connectivity index (χ3n) is 4.06. The molecule has 8 heteroatoms. The summed E-state index contributed by atoms with van der Waals surface area (Å²) >= 11 is 0. The van der Waals surface area contributed by atoms with Gasteiger partial charge in [-0.2, -0.15) is 0 Å². The lowest BCUT2D eigenvalue weighted by Gasteiger charge is -2.19. The monoisotopic (exact) mass is 389 g/mol. The molecule has 0 saturated carbocycles. The third-order valence-corrected chi connectivity index (χ3v) is 5.11. The van der Waals surface area contributed by atoms with Crippen LogP contribution in [0.4, 0.5) is 0 Å². The van der Waals surface area contributed by atoms with E-state index in [1.165, 1.54) is 18.2 Å². The molecular formula is C19H23N3O4S. The van der Waals surface area contributed by atoms with E-state index in [0.29, 0.717) is 11.1 Å². The van der Waals surface area contributed by atoms with E-state index in [1.54, 1.807) is 19.1 Å². The van der Waals surface area contributed by atoms with E-state index in [4.69, 9.17) is 5.14 Å². The van der Waals surface area contributed by atoms with Crippen molar-refractivity contribution in [2.24, 2.45) is 5.14 Å². The number of rotatable bonds is 3. The maximum absolute atomic E-state index is 12.2. The summed E-state index contributed by atoms with van der Waals surface area (Å²) in [7, 11) is -3.95. The molecular weight excluding hydrogens is 366 g/mol. The molecule has 27 heavy (non-hydrogen) atoms. The summed E-state index contributed by atoms with van der Waals surface area (Å²) < 4.78 is 23.1. The predicted octanol–water partition coefficient (Wildman–Crippen LogP) is 2.01. The van der Waals surface area contributed by atoms with Crippen LogP contribution in [0.25, 0.3) is 0 Å². The van der Waals surface area contributed by atoms with E-state index < -0.39 is 21.8 Å². The van der Waals surface area contributed by atoms with Crippen LogP contribution in [0, 0.1) is 6.92 Å². The summed E-state index contributed by atoms with van der Waals surface area (Å²) in [6.45, 7) is 7.78. The second-order valence-electron chi connectivity index (χ2n) is 7.26. The molecule has 2 aromatic rings. The molecule has 0 aliphatic heterocycles. The first-order valence-corrected chi connectivity index (χ1v) is 9.79. The van der Waals surface area contributed by atoms with Crippen molar-refractivity contribution in [3.05, 3.63) is 64.7 Å². The number of nitrogens with one attached hydrogen (secondary N) is 2. The summed E-state index contributed by atoms with van der Waals surface area (Å²) in [5, 5.41) is 5.14. The van der Waals surface area contributed by atoms with Gasteiger partial charge in [-0.25, -0.2) is 13.6 Å². The van der Waals surface area contributed by atoms with Gasteiger partial charge in [0.05, 0.1) is 4.90 Å². The lowest BCUT2D eigenvalue weighted by Crippen LogP contribution is -2.41. The Bertz CT molecular complexity index is 975. The lowest BCUT2D eigenvalue weighted by molar-refractivity contribution is 0.0846. The van der Waals surface area contributed by atoms with Crippen molar-refractivity contribution in [1.29, 1.82) is 0 Å². The van der Waals surface area contributed by atoms with Gasteiger partial charge >= 0.3 is 0 Å². The van der Waals surface area contributed by atoms with Crippen molar-refractivity contribution in [2.45, 2.75) is 38.0 Å². The molecule has 0 fully saturated rings. The number of aryl methyl sites for hydroxylation is 1. The average Bonchev–Trinajstić information content (AvgIpc) is 2.58. The van der Waals surface area contributed by atoms with Crippen molar-refractivity contribution in [2.75, 3.05) is 0 Å². The van der Waals surface area contributed by atoms with Crippen LogP contribution in [0.3, 0.4) is 0 Å². The van der Waals surface area contributed by atoms with Crippen LogP contribution in [0.2, 0.25) is 0 Å². The minimum Gasteiger partial charge on any atom is -0.267 e. The summed E-state index contributed by atoms with van der Waals surface area (Å²) in [6, 6.07) is 11.2. The number of amides is 2. The number of hydrogen-bond donors (Lipinski definition) is 3. The molecule has 2 amide bonds. The quantitative estimate of drug-likeness (QED) is 0.696. The van der Waals surface area contributed by atoms with Crippen LogP contribution in [-0.4, -0.2) is 20.2 Å². The molecule has 0 bridgehead atoms. The molecule has 0 aliphatic carbocycles. The van der Waals surface area contributed by atoms with E-state index in [0.717, 1.165) is 5.56 Å². The van der Waals surface area contributed by atoms with E-state index in [9.17, 15) is 18.0 Å². The van der Waals surface area contributed by atoms with Crippen LogP contribution in [0.1, 0.15) is 52.6 Å². The van der Waals surface area contributed by atoms with E-state index in [1.807, 2.05) is 12.1 Å². The van der Waals surface area contributed by atoms with Gasteiger partial charge in [0.25, 0.3) is 11.8 Å². The molecule has 7 nitrogen and oxygen atoms in total. The molecule has 0 heterocycles. The van der Waals surface area contributed by atoms with Crippen LogP contribution in [0.5, 0.6) is 0 Å². The number of carbonyl (C=O) groups excluding carboxylic acids is 2. The Morgan fingerprint density at radius 1 is 0.889 bits per heavy atom. The third kappa shape index (κ3) is 5.15. The Morgan fingerprint density at radius 2 is 1.37 bits per heavy atom. The van der Waals surface area contributed by atoms with Crippen LogP contribution >= 0.6 is 0 Å². The van der Waals surface area contributed by atoms with Crippen LogP contribution in [0.15, 0.2) is 47.4 Å². The molecule has 0 aromatic heterocycles. The summed E-state index contributed by atoms with van der Waals surface area (Å²) in [4.78, 5) is 24.2. The molecule has 2 aromatic carbocycles. The zero-order chi connectivity index (χ0) is 20.4. The fourth-order valence-electron chi connectivity index (χ4n) is 2.43. The van der Waals surface area contributed by atoms with Gasteiger partial charge in [0.2, 0.25) is 10.0 Å². The largest absolute Gasteiger partial charge is 0.269 e. The summed E-state index contributed by atoms with van der Waals surface area (Å²) in [5.41, 5.74) is 6.50. The number of carbonyl (C=O) groups is 2.